The second-order valence-corrected chi connectivity index (χ2v) is 3.31. The van der Waals surface area contributed by atoms with Crippen LogP contribution in [-0.4, -0.2) is 22.6 Å². The fourth-order valence-electron chi connectivity index (χ4n) is 0.855. The van der Waals surface area contributed by atoms with E-state index in [0.717, 1.165) is 13.0 Å². The summed E-state index contributed by atoms with van der Waals surface area (Å²) in [6.07, 6.45) is 4.03. The molecule has 13 heavy (non-hydrogen) atoms. The summed E-state index contributed by atoms with van der Waals surface area (Å²) in [5.41, 5.74) is 5.58. The Morgan fingerprint density at radius 3 is 3.00 bits per heavy atom. The van der Waals surface area contributed by atoms with Gasteiger partial charge >= 0.3 is 0 Å². The van der Waals surface area contributed by atoms with E-state index < -0.39 is 0 Å². The first-order valence-electron chi connectivity index (χ1n) is 4.15. The molecule has 1 unspecified atom stereocenters. The second-order valence-electron chi connectivity index (χ2n) is 2.92. The molecule has 1 atom stereocenters. The van der Waals surface area contributed by atoms with E-state index in [0.29, 0.717) is 11.0 Å². The molecule has 0 amide bonds. The van der Waals surface area contributed by atoms with Crippen LogP contribution >= 0.6 is 11.6 Å². The quantitative estimate of drug-likeness (QED) is 0.769. The highest BCUT2D eigenvalue weighted by molar-refractivity contribution is 6.29. The predicted octanol–water partition coefficient (Wildman–Crippen LogP) is 1.28. The van der Waals surface area contributed by atoms with E-state index in [9.17, 15) is 0 Å². The molecule has 1 rings (SSSR count). The molecule has 0 aliphatic heterocycles. The van der Waals surface area contributed by atoms with Gasteiger partial charge in [-0.2, -0.15) is 0 Å². The lowest BCUT2D eigenvalue weighted by molar-refractivity contribution is 0.689. The van der Waals surface area contributed by atoms with Crippen molar-refractivity contribution < 1.29 is 0 Å². The van der Waals surface area contributed by atoms with E-state index >= 15 is 0 Å². The Morgan fingerprint density at radius 2 is 2.38 bits per heavy atom. The van der Waals surface area contributed by atoms with Crippen molar-refractivity contribution in [2.24, 2.45) is 5.73 Å². The Kier molecular flexibility index (Phi) is 3.92. The summed E-state index contributed by atoms with van der Waals surface area (Å²) in [4.78, 5) is 7.91. The highest BCUT2D eigenvalue weighted by Crippen LogP contribution is 2.06. The van der Waals surface area contributed by atoms with Gasteiger partial charge in [0.1, 0.15) is 11.0 Å². The van der Waals surface area contributed by atoms with E-state index in [-0.39, 0.29) is 6.04 Å². The van der Waals surface area contributed by atoms with Gasteiger partial charge in [0.25, 0.3) is 0 Å². The van der Waals surface area contributed by atoms with Crippen molar-refractivity contribution in [3.63, 3.8) is 0 Å². The van der Waals surface area contributed by atoms with Gasteiger partial charge in [0.05, 0.1) is 12.4 Å². The number of halogens is 1. The van der Waals surface area contributed by atoms with Crippen molar-refractivity contribution >= 4 is 17.4 Å². The van der Waals surface area contributed by atoms with Gasteiger partial charge in [0.2, 0.25) is 0 Å². The van der Waals surface area contributed by atoms with Gasteiger partial charge in [-0.05, 0) is 13.3 Å². The molecule has 0 spiro atoms. The number of nitrogens with zero attached hydrogens (tertiary/aromatic N) is 2. The molecule has 0 radical (unpaired) electrons. The lowest BCUT2D eigenvalue weighted by Gasteiger charge is -2.06. The largest absolute Gasteiger partial charge is 0.369 e. The predicted molar refractivity (Wildman–Crippen MR) is 53.8 cm³/mol. The van der Waals surface area contributed by atoms with Gasteiger partial charge < -0.3 is 11.1 Å². The van der Waals surface area contributed by atoms with Crippen LogP contribution in [0.15, 0.2) is 12.4 Å². The van der Waals surface area contributed by atoms with Gasteiger partial charge in [0.15, 0.2) is 0 Å². The Morgan fingerprint density at radius 1 is 1.62 bits per heavy atom. The summed E-state index contributed by atoms with van der Waals surface area (Å²) in [5, 5.41) is 3.47. The Balaban J connectivity index is 2.37. The third-order valence-electron chi connectivity index (χ3n) is 1.51. The molecule has 0 aliphatic rings. The van der Waals surface area contributed by atoms with Crippen molar-refractivity contribution in [3.8, 4) is 0 Å². The summed E-state index contributed by atoms with van der Waals surface area (Å²) < 4.78 is 0. The third kappa shape index (κ3) is 4.05. The molecule has 0 fully saturated rings. The molecule has 4 nitrogen and oxygen atoms in total. The highest BCUT2D eigenvalue weighted by atomic mass is 35.5. The van der Waals surface area contributed by atoms with Crippen molar-refractivity contribution in [1.29, 1.82) is 0 Å². The van der Waals surface area contributed by atoms with E-state index in [1.807, 2.05) is 6.92 Å². The first-order valence-corrected chi connectivity index (χ1v) is 4.53. The molecular formula is C8H13ClN4. The molecule has 1 heterocycles. The first kappa shape index (κ1) is 10.2. The summed E-state index contributed by atoms with van der Waals surface area (Å²) in [5.74, 6) is 0.688. The maximum absolute atomic E-state index is 5.65. The van der Waals surface area contributed by atoms with Gasteiger partial charge in [-0.25, -0.2) is 4.98 Å². The zero-order valence-electron chi connectivity index (χ0n) is 7.50. The standard InChI is InChI=1S/C8H13ClN4/c1-6(10)2-3-12-8-5-11-4-7(9)13-8/h4-6H,2-3,10H2,1H3,(H,12,13). The maximum atomic E-state index is 5.65. The molecule has 0 aliphatic carbocycles. The molecule has 72 valence electrons. The summed E-state index contributed by atoms with van der Waals surface area (Å²) in [7, 11) is 0. The maximum Gasteiger partial charge on any atom is 0.149 e. The summed E-state index contributed by atoms with van der Waals surface area (Å²) >= 11 is 5.65. The Labute approximate surface area is 82.5 Å². The smallest absolute Gasteiger partial charge is 0.149 e. The molecule has 0 aromatic carbocycles. The number of aromatic nitrogens is 2. The van der Waals surface area contributed by atoms with Gasteiger partial charge in [-0.15, -0.1) is 0 Å². The molecule has 0 saturated carbocycles. The van der Waals surface area contributed by atoms with Crippen LogP contribution in [0, 0.1) is 0 Å². The van der Waals surface area contributed by atoms with Crippen LogP contribution in [0.3, 0.4) is 0 Å². The number of rotatable bonds is 4. The van der Waals surface area contributed by atoms with Crippen LogP contribution in [0.5, 0.6) is 0 Å². The monoisotopic (exact) mass is 200 g/mol. The van der Waals surface area contributed by atoms with E-state index in [1.54, 1.807) is 6.20 Å². The van der Waals surface area contributed by atoms with Crippen LogP contribution < -0.4 is 11.1 Å². The average molecular weight is 201 g/mol. The normalized spacial score (nSPS) is 12.5. The molecular weight excluding hydrogens is 188 g/mol. The van der Waals surface area contributed by atoms with Crippen LogP contribution in [0.2, 0.25) is 5.15 Å². The molecule has 1 aromatic heterocycles. The van der Waals surface area contributed by atoms with Gasteiger partial charge in [-0.3, -0.25) is 4.98 Å². The fourth-order valence-corrected chi connectivity index (χ4v) is 1.00. The lowest BCUT2D eigenvalue weighted by Crippen LogP contribution is -2.19. The minimum absolute atomic E-state index is 0.194. The zero-order chi connectivity index (χ0) is 9.68. The average Bonchev–Trinajstić information content (AvgIpc) is 2.03. The van der Waals surface area contributed by atoms with E-state index in [2.05, 4.69) is 15.3 Å². The van der Waals surface area contributed by atoms with Gasteiger partial charge in [-0.1, -0.05) is 11.6 Å². The first-order chi connectivity index (χ1) is 6.18. The number of anilines is 1. The number of nitrogens with one attached hydrogen (secondary N) is 1. The molecule has 0 bridgehead atoms. The number of hydrogen-bond donors (Lipinski definition) is 2. The highest BCUT2D eigenvalue weighted by Gasteiger charge is 1.96. The minimum atomic E-state index is 0.194. The van der Waals surface area contributed by atoms with Crippen molar-refractivity contribution in [2.75, 3.05) is 11.9 Å². The van der Waals surface area contributed by atoms with Crippen LogP contribution in [-0.2, 0) is 0 Å². The van der Waals surface area contributed by atoms with Crippen LogP contribution in [0.25, 0.3) is 0 Å². The Bertz CT molecular complexity index is 264. The molecule has 1 aromatic rings. The van der Waals surface area contributed by atoms with Gasteiger partial charge in [0, 0.05) is 12.6 Å². The second kappa shape index (κ2) is 4.99. The SMILES string of the molecule is CC(N)CCNc1cncc(Cl)n1. The molecule has 5 heteroatoms. The fraction of sp³-hybridized carbons (Fsp3) is 0.500. The zero-order valence-corrected chi connectivity index (χ0v) is 8.25. The molecule has 0 saturated heterocycles. The molecule has 3 N–H and O–H groups in total. The van der Waals surface area contributed by atoms with Crippen molar-refractivity contribution in [3.05, 3.63) is 17.5 Å². The topological polar surface area (TPSA) is 63.8 Å². The number of nitrogens with two attached hydrogens (primary N) is 1. The van der Waals surface area contributed by atoms with Crippen molar-refractivity contribution in [2.45, 2.75) is 19.4 Å². The van der Waals surface area contributed by atoms with Crippen molar-refractivity contribution in [1.82, 2.24) is 9.97 Å². The minimum Gasteiger partial charge on any atom is -0.369 e. The number of hydrogen-bond acceptors (Lipinski definition) is 4. The van der Waals surface area contributed by atoms with E-state index in [4.69, 9.17) is 17.3 Å². The summed E-state index contributed by atoms with van der Waals surface area (Å²) in [6.45, 7) is 2.75. The Hall–Kier alpha value is -0.870. The van der Waals surface area contributed by atoms with Crippen LogP contribution in [0.1, 0.15) is 13.3 Å². The van der Waals surface area contributed by atoms with Crippen LogP contribution in [0.4, 0.5) is 5.82 Å². The lowest BCUT2D eigenvalue weighted by atomic mass is 10.2. The van der Waals surface area contributed by atoms with E-state index in [1.165, 1.54) is 6.20 Å². The summed E-state index contributed by atoms with van der Waals surface area (Å²) in [6, 6.07) is 0.194. The third-order valence-corrected chi connectivity index (χ3v) is 1.69.